The Hall–Kier alpha value is -2.82. The van der Waals surface area contributed by atoms with Crippen molar-refractivity contribution < 1.29 is 4.68 Å². The van der Waals surface area contributed by atoms with Gasteiger partial charge in [0.1, 0.15) is 11.5 Å². The van der Waals surface area contributed by atoms with Crippen molar-refractivity contribution in [3.63, 3.8) is 0 Å². The standard InChI is InChI=1S/C24H28N5/c1-2-16-3-7-18(8-4-16)27-19-9-5-17(6-10-19)22-13-20-14-28(20)29-15-26-24-21(23(22)29)11-12-25-24/h3-4,7-8,11-12,15,17,19,25,27H,2,5-6,9-10,13-14H2,1H3/q+1. The van der Waals surface area contributed by atoms with Crippen molar-refractivity contribution in [2.24, 2.45) is 10.9 Å². The Morgan fingerprint density at radius 3 is 2.76 bits per heavy atom. The molecule has 3 aliphatic heterocycles. The second-order valence-electron chi connectivity index (χ2n) is 8.75. The highest BCUT2D eigenvalue weighted by Gasteiger charge is 2.49. The molecule has 6 rings (SSSR count). The number of anilines is 1. The molecule has 0 atom stereocenters. The molecule has 1 fully saturated rings. The lowest BCUT2D eigenvalue weighted by atomic mass is 9.78. The highest BCUT2D eigenvalue weighted by atomic mass is 15.6. The molecule has 0 amide bonds. The van der Waals surface area contributed by atoms with Gasteiger partial charge < -0.3 is 10.3 Å². The molecule has 1 saturated carbocycles. The number of nitrogens with one attached hydrogen (secondary N) is 2. The zero-order valence-corrected chi connectivity index (χ0v) is 17.0. The lowest BCUT2D eigenvalue weighted by Gasteiger charge is -2.33. The van der Waals surface area contributed by atoms with Crippen LogP contribution in [0.4, 0.5) is 11.5 Å². The topological polar surface area (TPSA) is 46.4 Å². The fraction of sp³-hybridized carbons (Fsp3) is 0.417. The number of allylic oxidation sites excluding steroid dienone is 1. The molecule has 0 unspecified atom stereocenters. The zero-order chi connectivity index (χ0) is 19.4. The molecule has 0 radical (unpaired) electrons. The van der Waals surface area contributed by atoms with Crippen molar-refractivity contribution in [1.29, 1.82) is 0 Å². The van der Waals surface area contributed by atoms with Crippen LogP contribution in [0, 0.1) is 5.92 Å². The number of benzene rings is 1. The number of hydrogen-bond donors (Lipinski definition) is 2. The van der Waals surface area contributed by atoms with Crippen molar-refractivity contribution >= 4 is 29.3 Å². The monoisotopic (exact) mass is 386 g/mol. The Labute approximate surface area is 171 Å². The Balaban J connectivity index is 1.19. The van der Waals surface area contributed by atoms with E-state index >= 15 is 0 Å². The maximum Gasteiger partial charge on any atom is 0.255 e. The van der Waals surface area contributed by atoms with Gasteiger partial charge in [-0.3, -0.25) is 0 Å². The van der Waals surface area contributed by atoms with Crippen LogP contribution in [0.1, 0.15) is 50.2 Å². The van der Waals surface area contributed by atoms with Crippen LogP contribution in [0.2, 0.25) is 0 Å². The second-order valence-corrected chi connectivity index (χ2v) is 8.75. The number of aryl methyl sites for hydroxylation is 1. The van der Waals surface area contributed by atoms with E-state index < -0.39 is 0 Å². The summed E-state index contributed by atoms with van der Waals surface area (Å²) in [6.45, 7) is 3.29. The summed E-state index contributed by atoms with van der Waals surface area (Å²) in [5.41, 5.74) is 8.51. The largest absolute Gasteiger partial charge is 0.382 e. The summed E-state index contributed by atoms with van der Waals surface area (Å²) in [5, 5.41) is 6.07. The number of H-pyrrole nitrogens is 1. The maximum absolute atomic E-state index is 4.61. The molecule has 1 aliphatic carbocycles. The molecule has 2 aromatic rings. The molecular weight excluding hydrogens is 358 g/mol. The van der Waals surface area contributed by atoms with Gasteiger partial charge in [-0.25, -0.2) is 4.99 Å². The fourth-order valence-corrected chi connectivity index (χ4v) is 5.27. The molecular formula is C24H28N5+. The number of fused-ring (bicyclic) bond motifs is 4. The first-order chi connectivity index (χ1) is 14.3. The molecule has 148 valence electrons. The van der Waals surface area contributed by atoms with E-state index in [4.69, 9.17) is 0 Å². The third kappa shape index (κ3) is 2.91. The fourth-order valence-electron chi connectivity index (χ4n) is 5.27. The minimum Gasteiger partial charge on any atom is -0.382 e. The molecule has 29 heavy (non-hydrogen) atoms. The van der Waals surface area contributed by atoms with Crippen molar-refractivity contribution in [3.8, 4) is 0 Å². The van der Waals surface area contributed by atoms with Gasteiger partial charge in [-0.15, -0.1) is 5.01 Å². The number of aromatic amines is 1. The molecule has 0 bridgehead atoms. The number of hydrazine groups is 1. The molecule has 1 aromatic carbocycles. The van der Waals surface area contributed by atoms with Gasteiger partial charge in [0.25, 0.3) is 12.3 Å². The van der Waals surface area contributed by atoms with Crippen LogP contribution >= 0.6 is 0 Å². The first-order valence-corrected chi connectivity index (χ1v) is 11.0. The van der Waals surface area contributed by atoms with Crippen LogP contribution in [-0.2, 0) is 6.42 Å². The van der Waals surface area contributed by atoms with Crippen LogP contribution in [0.25, 0.3) is 5.70 Å². The van der Waals surface area contributed by atoms with E-state index in [0.717, 1.165) is 25.2 Å². The van der Waals surface area contributed by atoms with Gasteiger partial charge in [0.2, 0.25) is 0 Å². The summed E-state index contributed by atoms with van der Waals surface area (Å²) < 4.78 is 2.37. The molecule has 5 heteroatoms. The van der Waals surface area contributed by atoms with Crippen molar-refractivity contribution in [2.45, 2.75) is 51.5 Å². The number of nitrogens with zero attached hydrogens (tertiary/aromatic N) is 3. The van der Waals surface area contributed by atoms with Crippen LogP contribution in [0.3, 0.4) is 0 Å². The summed E-state index contributed by atoms with van der Waals surface area (Å²) in [4.78, 5) is 7.90. The summed E-state index contributed by atoms with van der Waals surface area (Å²) in [6.07, 6.45) is 11.3. The van der Waals surface area contributed by atoms with Crippen LogP contribution in [0.5, 0.6) is 0 Å². The van der Waals surface area contributed by atoms with E-state index in [1.54, 1.807) is 11.3 Å². The lowest BCUT2D eigenvalue weighted by Crippen LogP contribution is -2.33. The predicted molar refractivity (Wildman–Crippen MR) is 118 cm³/mol. The minimum absolute atomic E-state index is 0.588. The third-order valence-corrected chi connectivity index (χ3v) is 7.01. The number of hydrogen-bond acceptors (Lipinski definition) is 3. The van der Waals surface area contributed by atoms with Gasteiger partial charge in [-0.1, -0.05) is 23.7 Å². The van der Waals surface area contributed by atoms with E-state index in [0.29, 0.717) is 12.0 Å². The molecule has 5 nitrogen and oxygen atoms in total. The highest BCUT2D eigenvalue weighted by molar-refractivity contribution is 5.97. The third-order valence-electron chi connectivity index (χ3n) is 7.01. The summed E-state index contributed by atoms with van der Waals surface area (Å²) in [7, 11) is 0. The van der Waals surface area contributed by atoms with Gasteiger partial charge in [0.05, 0.1) is 6.42 Å². The average Bonchev–Trinajstić information content (AvgIpc) is 3.40. The number of aromatic nitrogens is 1. The summed E-state index contributed by atoms with van der Waals surface area (Å²) in [5.74, 6) is 1.68. The number of aliphatic imine (C=N–C) groups is 1. The average molecular weight is 387 g/mol. The minimum atomic E-state index is 0.588. The Morgan fingerprint density at radius 1 is 1.14 bits per heavy atom. The smallest absolute Gasteiger partial charge is 0.255 e. The Morgan fingerprint density at radius 2 is 1.97 bits per heavy atom. The molecule has 0 saturated heterocycles. The van der Waals surface area contributed by atoms with Crippen molar-refractivity contribution in [1.82, 2.24) is 9.99 Å². The van der Waals surface area contributed by atoms with Gasteiger partial charge in [0, 0.05) is 23.5 Å². The molecule has 4 heterocycles. The van der Waals surface area contributed by atoms with Gasteiger partial charge in [-0.2, -0.15) is 0 Å². The normalized spacial score (nSPS) is 24.9. The van der Waals surface area contributed by atoms with Crippen LogP contribution in [-0.4, -0.2) is 39.3 Å². The van der Waals surface area contributed by atoms with Gasteiger partial charge in [0.15, 0.2) is 6.34 Å². The number of rotatable bonds is 4. The van der Waals surface area contributed by atoms with Gasteiger partial charge >= 0.3 is 0 Å². The van der Waals surface area contributed by atoms with Crippen molar-refractivity contribution in [2.75, 3.05) is 11.9 Å². The molecule has 2 N–H and O–H groups in total. The van der Waals surface area contributed by atoms with Crippen LogP contribution < -0.4 is 5.32 Å². The van der Waals surface area contributed by atoms with E-state index in [-0.39, 0.29) is 0 Å². The predicted octanol–water partition coefficient (Wildman–Crippen LogP) is 4.72. The highest BCUT2D eigenvalue weighted by Crippen LogP contribution is 2.45. The van der Waals surface area contributed by atoms with E-state index in [2.05, 4.69) is 62.2 Å². The lowest BCUT2D eigenvalue weighted by molar-refractivity contribution is -0.574. The first-order valence-electron chi connectivity index (χ1n) is 11.0. The van der Waals surface area contributed by atoms with Gasteiger partial charge in [-0.05, 0) is 67.4 Å². The first kappa shape index (κ1) is 17.1. The zero-order valence-electron chi connectivity index (χ0n) is 17.0. The molecule has 1 aromatic heterocycles. The summed E-state index contributed by atoms with van der Waals surface area (Å²) >= 11 is 0. The van der Waals surface area contributed by atoms with E-state index in [9.17, 15) is 0 Å². The number of hydrazone groups is 1. The van der Waals surface area contributed by atoms with Crippen molar-refractivity contribution in [3.05, 3.63) is 53.2 Å². The quantitative estimate of drug-likeness (QED) is 0.747. The second kappa shape index (κ2) is 6.61. The Kier molecular flexibility index (Phi) is 3.89. The molecule has 4 aliphatic rings. The molecule has 0 spiro atoms. The summed E-state index contributed by atoms with van der Waals surface area (Å²) in [6, 6.07) is 11.7. The maximum atomic E-state index is 4.61. The SMILES string of the molecule is CCc1ccc(NC2CCC(C3=C4c5cc[nH]c5N=CN4[N+]4=C(C3)C4)CC2)cc1. The van der Waals surface area contributed by atoms with E-state index in [1.807, 2.05) is 12.5 Å². The van der Waals surface area contributed by atoms with E-state index in [1.165, 1.54) is 48.2 Å². The Bertz CT molecular complexity index is 1030. The van der Waals surface area contributed by atoms with Crippen LogP contribution in [0.15, 0.2) is 47.1 Å².